The van der Waals surface area contributed by atoms with Gasteiger partial charge in [-0.2, -0.15) is 4.39 Å². The Morgan fingerprint density at radius 2 is 2.10 bits per heavy atom. The van der Waals surface area contributed by atoms with Crippen LogP contribution in [0, 0.1) is 21.7 Å². The van der Waals surface area contributed by atoms with Gasteiger partial charge in [-0.3, -0.25) is 14.9 Å². The molecule has 1 atom stereocenters. The minimum absolute atomic E-state index is 0.0892. The summed E-state index contributed by atoms with van der Waals surface area (Å²) in [6, 6.07) is 0.851. The summed E-state index contributed by atoms with van der Waals surface area (Å²) >= 11 is 0. The number of hydrogen-bond acceptors (Lipinski definition) is 4. The first kappa shape index (κ1) is 16.0. The van der Waals surface area contributed by atoms with E-state index < -0.39 is 39.8 Å². The van der Waals surface area contributed by atoms with Crippen molar-refractivity contribution in [2.24, 2.45) is 0 Å². The van der Waals surface area contributed by atoms with E-state index in [1.165, 1.54) is 0 Å². The molecule has 1 aromatic rings. The Bertz CT molecular complexity index is 522. The number of nitrogens with zero attached hydrogens (tertiary/aromatic N) is 1. The Labute approximate surface area is 113 Å². The third kappa shape index (κ3) is 3.95. The van der Waals surface area contributed by atoms with Crippen LogP contribution in [0.4, 0.5) is 14.5 Å². The van der Waals surface area contributed by atoms with Gasteiger partial charge in [0.25, 0.3) is 5.91 Å². The first-order valence-corrected chi connectivity index (χ1v) is 5.96. The zero-order valence-corrected chi connectivity index (χ0v) is 10.7. The molecule has 1 amide bonds. The Balaban J connectivity index is 2.79. The number of aliphatic hydroxyl groups is 1. The highest BCUT2D eigenvalue weighted by molar-refractivity contribution is 5.94. The van der Waals surface area contributed by atoms with Crippen molar-refractivity contribution in [2.45, 2.75) is 25.9 Å². The standard InChI is InChI=1S/C12H14F2N2O4/c1-2-7(17)3-4-15-12(18)8-5-10(14)11(16(19)20)6-9(8)13/h5-7,17H,2-4H2,1H3,(H,15,18). The molecule has 2 N–H and O–H groups in total. The summed E-state index contributed by atoms with van der Waals surface area (Å²) in [4.78, 5) is 20.9. The maximum Gasteiger partial charge on any atom is 0.307 e. The zero-order valence-electron chi connectivity index (χ0n) is 10.7. The third-order valence-electron chi connectivity index (χ3n) is 2.71. The fraction of sp³-hybridized carbons (Fsp3) is 0.417. The molecule has 0 radical (unpaired) electrons. The molecule has 0 heterocycles. The van der Waals surface area contributed by atoms with Crippen LogP contribution in [0.1, 0.15) is 30.1 Å². The molecule has 110 valence electrons. The Hall–Kier alpha value is -2.09. The van der Waals surface area contributed by atoms with E-state index in [9.17, 15) is 28.8 Å². The van der Waals surface area contributed by atoms with E-state index in [0.717, 1.165) is 0 Å². The zero-order chi connectivity index (χ0) is 15.3. The van der Waals surface area contributed by atoms with Gasteiger partial charge in [-0.1, -0.05) is 6.92 Å². The predicted molar refractivity (Wildman–Crippen MR) is 66.3 cm³/mol. The number of halogens is 2. The smallest absolute Gasteiger partial charge is 0.307 e. The molecule has 0 aliphatic carbocycles. The molecule has 6 nitrogen and oxygen atoms in total. The Kier molecular flexibility index (Phi) is 5.51. The van der Waals surface area contributed by atoms with Gasteiger partial charge >= 0.3 is 5.69 Å². The summed E-state index contributed by atoms with van der Waals surface area (Å²) in [6.45, 7) is 1.85. The van der Waals surface area contributed by atoms with Crippen molar-refractivity contribution in [1.29, 1.82) is 0 Å². The van der Waals surface area contributed by atoms with Crippen LogP contribution >= 0.6 is 0 Å². The second-order valence-corrected chi connectivity index (χ2v) is 4.15. The molecule has 0 bridgehead atoms. The fourth-order valence-electron chi connectivity index (χ4n) is 1.50. The molecule has 8 heteroatoms. The highest BCUT2D eigenvalue weighted by atomic mass is 19.1. The van der Waals surface area contributed by atoms with Crippen molar-refractivity contribution >= 4 is 11.6 Å². The van der Waals surface area contributed by atoms with Gasteiger partial charge in [-0.15, -0.1) is 0 Å². The van der Waals surface area contributed by atoms with Gasteiger partial charge in [0.2, 0.25) is 5.82 Å². The van der Waals surface area contributed by atoms with E-state index in [1.54, 1.807) is 6.92 Å². The van der Waals surface area contributed by atoms with E-state index in [0.29, 0.717) is 18.6 Å². The van der Waals surface area contributed by atoms with E-state index in [1.807, 2.05) is 0 Å². The van der Waals surface area contributed by atoms with Crippen molar-refractivity contribution in [3.8, 4) is 0 Å². The van der Waals surface area contributed by atoms with Crippen molar-refractivity contribution in [2.75, 3.05) is 6.54 Å². The number of nitro benzene ring substituents is 1. The minimum Gasteiger partial charge on any atom is -0.393 e. The molecule has 0 saturated carbocycles. The lowest BCUT2D eigenvalue weighted by atomic mass is 10.1. The van der Waals surface area contributed by atoms with Gasteiger partial charge in [-0.25, -0.2) is 4.39 Å². The number of nitrogens with one attached hydrogen (secondary N) is 1. The van der Waals surface area contributed by atoms with Crippen molar-refractivity contribution in [3.63, 3.8) is 0 Å². The largest absolute Gasteiger partial charge is 0.393 e. The van der Waals surface area contributed by atoms with Gasteiger partial charge in [0, 0.05) is 6.54 Å². The van der Waals surface area contributed by atoms with Crippen molar-refractivity contribution in [3.05, 3.63) is 39.4 Å². The van der Waals surface area contributed by atoms with Crippen LogP contribution in [0.15, 0.2) is 12.1 Å². The number of carbonyl (C=O) groups is 1. The summed E-state index contributed by atoms with van der Waals surface area (Å²) in [6.07, 6.45) is 0.198. The van der Waals surface area contributed by atoms with E-state index in [2.05, 4.69) is 5.32 Å². The first-order chi connectivity index (χ1) is 9.36. The summed E-state index contributed by atoms with van der Waals surface area (Å²) in [7, 11) is 0. The van der Waals surface area contributed by atoms with Crippen LogP contribution < -0.4 is 5.32 Å². The molecular formula is C12H14F2N2O4. The summed E-state index contributed by atoms with van der Waals surface area (Å²) in [5.41, 5.74) is -1.64. The normalized spacial score (nSPS) is 12.0. The summed E-state index contributed by atoms with van der Waals surface area (Å²) < 4.78 is 26.8. The molecule has 1 rings (SSSR count). The van der Waals surface area contributed by atoms with Crippen molar-refractivity contribution in [1.82, 2.24) is 5.32 Å². The van der Waals surface area contributed by atoms with Gasteiger partial charge < -0.3 is 10.4 Å². The summed E-state index contributed by atoms with van der Waals surface area (Å²) in [5, 5.41) is 22.0. The van der Waals surface area contributed by atoms with Crippen molar-refractivity contribution < 1.29 is 23.6 Å². The van der Waals surface area contributed by atoms with Gasteiger partial charge in [0.15, 0.2) is 0 Å². The van der Waals surface area contributed by atoms with Crippen LogP contribution in [0.2, 0.25) is 0 Å². The Morgan fingerprint density at radius 1 is 1.45 bits per heavy atom. The van der Waals surface area contributed by atoms with E-state index in [-0.39, 0.29) is 13.0 Å². The number of carbonyl (C=O) groups excluding carboxylic acids is 1. The maximum absolute atomic E-state index is 13.5. The van der Waals surface area contributed by atoms with Gasteiger partial charge in [0.05, 0.1) is 22.7 Å². The van der Waals surface area contributed by atoms with Gasteiger partial charge in [0.1, 0.15) is 5.82 Å². The predicted octanol–water partition coefficient (Wildman–Crippen LogP) is 1.76. The topological polar surface area (TPSA) is 92.5 Å². The fourth-order valence-corrected chi connectivity index (χ4v) is 1.50. The van der Waals surface area contributed by atoms with Crippen LogP contribution in [-0.4, -0.2) is 28.6 Å². The molecule has 0 aliphatic heterocycles. The molecule has 0 aromatic heterocycles. The van der Waals surface area contributed by atoms with Crippen LogP contribution in [-0.2, 0) is 0 Å². The minimum atomic E-state index is -1.28. The number of aliphatic hydroxyl groups excluding tert-OH is 1. The SMILES string of the molecule is CCC(O)CCNC(=O)c1cc(F)c([N+](=O)[O-])cc1F. The highest BCUT2D eigenvalue weighted by Gasteiger charge is 2.21. The lowest BCUT2D eigenvalue weighted by Crippen LogP contribution is -2.28. The maximum atomic E-state index is 13.5. The number of nitro groups is 1. The second kappa shape index (κ2) is 6.90. The molecule has 1 aromatic carbocycles. The monoisotopic (exact) mass is 288 g/mol. The molecule has 20 heavy (non-hydrogen) atoms. The van der Waals surface area contributed by atoms with E-state index >= 15 is 0 Å². The van der Waals surface area contributed by atoms with Crippen LogP contribution in [0.5, 0.6) is 0 Å². The third-order valence-corrected chi connectivity index (χ3v) is 2.71. The average Bonchev–Trinajstić information content (AvgIpc) is 2.40. The second-order valence-electron chi connectivity index (χ2n) is 4.15. The van der Waals surface area contributed by atoms with Gasteiger partial charge in [-0.05, 0) is 18.9 Å². The number of benzene rings is 1. The lowest BCUT2D eigenvalue weighted by Gasteiger charge is -2.09. The lowest BCUT2D eigenvalue weighted by molar-refractivity contribution is -0.387. The van der Waals surface area contributed by atoms with Crippen LogP contribution in [0.25, 0.3) is 0 Å². The average molecular weight is 288 g/mol. The molecule has 0 saturated heterocycles. The molecule has 0 aliphatic rings. The number of rotatable bonds is 6. The first-order valence-electron chi connectivity index (χ1n) is 5.96. The number of hydrogen-bond donors (Lipinski definition) is 2. The molecule has 0 fully saturated rings. The van der Waals surface area contributed by atoms with E-state index in [4.69, 9.17) is 0 Å². The highest BCUT2D eigenvalue weighted by Crippen LogP contribution is 2.21. The quantitative estimate of drug-likeness (QED) is 0.616. The van der Waals surface area contributed by atoms with Crippen LogP contribution in [0.3, 0.4) is 0 Å². The molecule has 1 unspecified atom stereocenters. The Morgan fingerprint density at radius 3 is 2.65 bits per heavy atom. The molecular weight excluding hydrogens is 274 g/mol. The summed E-state index contributed by atoms with van der Waals surface area (Å²) in [5.74, 6) is -3.35. The number of amides is 1. The molecule has 0 spiro atoms.